The largest absolute Gasteiger partial charge is 0.377 e. The first-order chi connectivity index (χ1) is 8.09. The molecule has 0 spiro atoms. The summed E-state index contributed by atoms with van der Waals surface area (Å²) in [7, 11) is 0. The summed E-state index contributed by atoms with van der Waals surface area (Å²) >= 11 is 0. The van der Waals surface area contributed by atoms with Crippen molar-refractivity contribution in [2.24, 2.45) is 0 Å². The van der Waals surface area contributed by atoms with Gasteiger partial charge in [0.25, 0.3) is 5.91 Å². The summed E-state index contributed by atoms with van der Waals surface area (Å²) in [6, 6.07) is 8.03. The van der Waals surface area contributed by atoms with E-state index in [1.54, 1.807) is 0 Å². The third-order valence-electron chi connectivity index (χ3n) is 3.20. The van der Waals surface area contributed by atoms with Gasteiger partial charge in [0.1, 0.15) is 0 Å². The predicted molar refractivity (Wildman–Crippen MR) is 67.1 cm³/mol. The number of benzene rings is 1. The molecule has 1 aliphatic heterocycles. The van der Waals surface area contributed by atoms with E-state index < -0.39 is 0 Å². The Morgan fingerprint density at radius 3 is 2.24 bits per heavy atom. The highest BCUT2D eigenvalue weighted by Crippen LogP contribution is 2.17. The van der Waals surface area contributed by atoms with Crippen LogP contribution in [-0.2, 0) is 4.74 Å². The zero-order valence-corrected chi connectivity index (χ0v) is 10.6. The van der Waals surface area contributed by atoms with E-state index in [2.05, 4.69) is 0 Å². The van der Waals surface area contributed by atoms with Crippen LogP contribution in [0.25, 0.3) is 0 Å². The molecule has 0 N–H and O–H groups in total. The SMILES string of the molecule is Cc1ccc(C(=O)N2C(C)COCC2C)cc1. The summed E-state index contributed by atoms with van der Waals surface area (Å²) < 4.78 is 5.44. The van der Waals surface area contributed by atoms with Crippen LogP contribution in [0, 0.1) is 6.92 Å². The van der Waals surface area contributed by atoms with Crippen LogP contribution in [0.5, 0.6) is 0 Å². The van der Waals surface area contributed by atoms with E-state index in [0.717, 1.165) is 5.56 Å². The number of rotatable bonds is 1. The van der Waals surface area contributed by atoms with Crippen molar-refractivity contribution in [2.45, 2.75) is 32.9 Å². The topological polar surface area (TPSA) is 29.5 Å². The minimum Gasteiger partial charge on any atom is -0.377 e. The van der Waals surface area contributed by atoms with Crippen molar-refractivity contribution >= 4 is 5.91 Å². The molecule has 3 heteroatoms. The van der Waals surface area contributed by atoms with Gasteiger partial charge in [0.05, 0.1) is 25.3 Å². The number of hydrogen-bond donors (Lipinski definition) is 0. The van der Waals surface area contributed by atoms with Gasteiger partial charge >= 0.3 is 0 Å². The number of hydrogen-bond acceptors (Lipinski definition) is 2. The highest BCUT2D eigenvalue weighted by molar-refractivity contribution is 5.94. The molecular weight excluding hydrogens is 214 g/mol. The average molecular weight is 233 g/mol. The van der Waals surface area contributed by atoms with Gasteiger partial charge in [0.15, 0.2) is 0 Å². The van der Waals surface area contributed by atoms with Crippen molar-refractivity contribution in [1.29, 1.82) is 0 Å². The Morgan fingerprint density at radius 2 is 1.71 bits per heavy atom. The average Bonchev–Trinajstić information content (AvgIpc) is 2.29. The second kappa shape index (κ2) is 4.88. The monoisotopic (exact) mass is 233 g/mol. The van der Waals surface area contributed by atoms with Crippen LogP contribution >= 0.6 is 0 Å². The maximum Gasteiger partial charge on any atom is 0.254 e. The Bertz CT molecular complexity index is 389. The van der Waals surface area contributed by atoms with Gasteiger partial charge in [-0.3, -0.25) is 4.79 Å². The molecule has 2 atom stereocenters. The van der Waals surface area contributed by atoms with Gasteiger partial charge in [-0.15, -0.1) is 0 Å². The third-order valence-corrected chi connectivity index (χ3v) is 3.20. The van der Waals surface area contributed by atoms with Crippen LogP contribution in [0.2, 0.25) is 0 Å². The van der Waals surface area contributed by atoms with Crippen molar-refractivity contribution in [3.63, 3.8) is 0 Å². The summed E-state index contributed by atoms with van der Waals surface area (Å²) in [4.78, 5) is 14.3. The molecule has 0 saturated carbocycles. The van der Waals surface area contributed by atoms with Crippen molar-refractivity contribution in [1.82, 2.24) is 4.90 Å². The van der Waals surface area contributed by atoms with E-state index in [4.69, 9.17) is 4.74 Å². The molecule has 1 aromatic rings. The number of morpholine rings is 1. The predicted octanol–water partition coefficient (Wildman–Crippen LogP) is 2.24. The first-order valence-electron chi connectivity index (χ1n) is 6.06. The molecular formula is C14H19NO2. The fraction of sp³-hybridized carbons (Fsp3) is 0.500. The molecule has 1 fully saturated rings. The number of ether oxygens (including phenoxy) is 1. The van der Waals surface area contributed by atoms with Gasteiger partial charge in [0.2, 0.25) is 0 Å². The van der Waals surface area contributed by atoms with Crippen molar-refractivity contribution in [3.05, 3.63) is 35.4 Å². The number of carbonyl (C=O) groups is 1. The van der Waals surface area contributed by atoms with Gasteiger partial charge in [-0.1, -0.05) is 17.7 Å². The van der Waals surface area contributed by atoms with Crippen molar-refractivity contribution in [2.75, 3.05) is 13.2 Å². The highest BCUT2D eigenvalue weighted by atomic mass is 16.5. The molecule has 2 unspecified atom stereocenters. The number of carbonyl (C=O) groups excluding carboxylic acids is 1. The van der Waals surface area contributed by atoms with E-state index in [0.29, 0.717) is 13.2 Å². The van der Waals surface area contributed by atoms with Gasteiger partial charge < -0.3 is 9.64 Å². The Morgan fingerprint density at radius 1 is 1.18 bits per heavy atom. The van der Waals surface area contributed by atoms with Crippen LogP contribution < -0.4 is 0 Å². The standard InChI is InChI=1S/C14H19NO2/c1-10-4-6-13(7-5-10)14(16)15-11(2)8-17-9-12(15)3/h4-7,11-12H,8-9H2,1-3H3. The minimum atomic E-state index is 0.105. The fourth-order valence-corrected chi connectivity index (χ4v) is 2.25. The number of aryl methyl sites for hydroxylation is 1. The van der Waals surface area contributed by atoms with E-state index in [1.165, 1.54) is 5.56 Å². The molecule has 0 aromatic heterocycles. The van der Waals surface area contributed by atoms with E-state index in [-0.39, 0.29) is 18.0 Å². The van der Waals surface area contributed by atoms with Crippen LogP contribution in [0.15, 0.2) is 24.3 Å². The summed E-state index contributed by atoms with van der Waals surface area (Å²) in [5, 5.41) is 0. The van der Waals surface area contributed by atoms with Crippen LogP contribution in [-0.4, -0.2) is 36.1 Å². The molecule has 2 rings (SSSR count). The smallest absolute Gasteiger partial charge is 0.254 e. The van der Waals surface area contributed by atoms with Crippen molar-refractivity contribution in [3.8, 4) is 0 Å². The van der Waals surface area contributed by atoms with E-state index in [1.807, 2.05) is 49.9 Å². The zero-order chi connectivity index (χ0) is 12.4. The Balaban J connectivity index is 2.20. The van der Waals surface area contributed by atoms with Gasteiger partial charge in [-0.2, -0.15) is 0 Å². The molecule has 1 aliphatic rings. The Kier molecular flexibility index (Phi) is 3.48. The van der Waals surface area contributed by atoms with Gasteiger partial charge in [-0.25, -0.2) is 0 Å². The maximum atomic E-state index is 12.4. The Labute approximate surface area is 102 Å². The molecule has 0 bridgehead atoms. The third kappa shape index (κ3) is 2.50. The van der Waals surface area contributed by atoms with Gasteiger partial charge in [0, 0.05) is 5.56 Å². The molecule has 3 nitrogen and oxygen atoms in total. The van der Waals surface area contributed by atoms with Crippen LogP contribution in [0.4, 0.5) is 0 Å². The lowest BCUT2D eigenvalue weighted by atomic mass is 10.1. The first kappa shape index (κ1) is 12.1. The molecule has 92 valence electrons. The highest BCUT2D eigenvalue weighted by Gasteiger charge is 2.30. The molecule has 0 radical (unpaired) electrons. The lowest BCUT2D eigenvalue weighted by molar-refractivity contribution is -0.0249. The lowest BCUT2D eigenvalue weighted by Crippen LogP contribution is -2.52. The number of nitrogens with zero attached hydrogens (tertiary/aromatic N) is 1. The molecule has 1 heterocycles. The lowest BCUT2D eigenvalue weighted by Gasteiger charge is -2.38. The maximum absolute atomic E-state index is 12.4. The quantitative estimate of drug-likeness (QED) is 0.744. The van der Waals surface area contributed by atoms with Gasteiger partial charge in [-0.05, 0) is 32.9 Å². The second-order valence-corrected chi connectivity index (χ2v) is 4.81. The second-order valence-electron chi connectivity index (χ2n) is 4.81. The van der Waals surface area contributed by atoms with E-state index >= 15 is 0 Å². The molecule has 1 aromatic carbocycles. The molecule has 0 aliphatic carbocycles. The van der Waals surface area contributed by atoms with Crippen LogP contribution in [0.3, 0.4) is 0 Å². The van der Waals surface area contributed by atoms with Crippen LogP contribution in [0.1, 0.15) is 29.8 Å². The summed E-state index contributed by atoms with van der Waals surface area (Å²) in [6.07, 6.45) is 0. The van der Waals surface area contributed by atoms with Crippen molar-refractivity contribution < 1.29 is 9.53 Å². The molecule has 17 heavy (non-hydrogen) atoms. The summed E-state index contributed by atoms with van der Waals surface area (Å²) in [5.74, 6) is 0.105. The summed E-state index contributed by atoms with van der Waals surface area (Å²) in [6.45, 7) is 7.33. The fourth-order valence-electron chi connectivity index (χ4n) is 2.25. The first-order valence-corrected chi connectivity index (χ1v) is 6.06. The molecule has 1 saturated heterocycles. The summed E-state index contributed by atoms with van der Waals surface area (Å²) in [5.41, 5.74) is 1.93. The minimum absolute atomic E-state index is 0.105. The van der Waals surface area contributed by atoms with E-state index in [9.17, 15) is 4.79 Å². The number of amides is 1. The zero-order valence-electron chi connectivity index (χ0n) is 10.6. The molecule has 1 amide bonds. The Hall–Kier alpha value is -1.35. The normalized spacial score (nSPS) is 24.8.